The second-order valence-corrected chi connectivity index (χ2v) is 6.44. The quantitative estimate of drug-likeness (QED) is 0.819. The Morgan fingerprint density at radius 2 is 2.33 bits per heavy atom. The van der Waals surface area contributed by atoms with E-state index in [-0.39, 0.29) is 6.10 Å². The van der Waals surface area contributed by atoms with Crippen molar-refractivity contribution in [3.63, 3.8) is 0 Å². The molecule has 0 aliphatic carbocycles. The summed E-state index contributed by atoms with van der Waals surface area (Å²) in [5, 5.41) is 17.8. The number of aliphatic carboxylic acids is 1. The first-order valence-electron chi connectivity index (χ1n) is 5.58. The number of anilines is 1. The van der Waals surface area contributed by atoms with E-state index in [0.29, 0.717) is 6.42 Å². The number of hydrogen-bond donors (Lipinski definition) is 1. The minimum Gasteiger partial charge on any atom is -0.479 e. The van der Waals surface area contributed by atoms with Crippen LogP contribution in [0.4, 0.5) is 5.13 Å². The lowest BCUT2D eigenvalue weighted by Crippen LogP contribution is -2.21. The van der Waals surface area contributed by atoms with Gasteiger partial charge in [0.05, 0.1) is 6.10 Å². The molecule has 1 aliphatic heterocycles. The van der Waals surface area contributed by atoms with Gasteiger partial charge in [-0.15, -0.1) is 10.2 Å². The van der Waals surface area contributed by atoms with Gasteiger partial charge >= 0.3 is 5.97 Å². The van der Waals surface area contributed by atoms with Crippen LogP contribution in [0, 0.1) is 0 Å². The van der Waals surface area contributed by atoms with Gasteiger partial charge in [-0.05, 0) is 12.8 Å². The molecule has 0 spiro atoms. The number of thioether (sulfide) groups is 1. The molecule has 6 nitrogen and oxygen atoms in total. The van der Waals surface area contributed by atoms with E-state index in [0.717, 1.165) is 21.6 Å². The maximum Gasteiger partial charge on any atom is 0.332 e. The van der Waals surface area contributed by atoms with Crippen molar-refractivity contribution < 1.29 is 14.6 Å². The summed E-state index contributed by atoms with van der Waals surface area (Å²) in [6.45, 7) is 0. The van der Waals surface area contributed by atoms with E-state index < -0.39 is 12.1 Å². The van der Waals surface area contributed by atoms with Crippen molar-refractivity contribution in [1.29, 1.82) is 0 Å². The van der Waals surface area contributed by atoms with Crippen molar-refractivity contribution in [1.82, 2.24) is 10.2 Å². The van der Waals surface area contributed by atoms with Crippen molar-refractivity contribution in [2.75, 3.05) is 24.7 Å². The first-order chi connectivity index (χ1) is 8.56. The number of carboxylic acids is 1. The van der Waals surface area contributed by atoms with E-state index in [2.05, 4.69) is 10.2 Å². The van der Waals surface area contributed by atoms with Crippen molar-refractivity contribution in [2.24, 2.45) is 0 Å². The van der Waals surface area contributed by atoms with Crippen LogP contribution in [0.25, 0.3) is 0 Å². The third-order valence-corrected chi connectivity index (χ3v) is 4.91. The molecule has 1 fully saturated rings. The Labute approximate surface area is 113 Å². The second kappa shape index (κ2) is 5.85. The highest BCUT2D eigenvalue weighted by Crippen LogP contribution is 2.30. The Balaban J connectivity index is 1.80. The van der Waals surface area contributed by atoms with Gasteiger partial charge in [0.2, 0.25) is 5.13 Å². The second-order valence-electron chi connectivity index (χ2n) is 4.22. The van der Waals surface area contributed by atoms with Crippen molar-refractivity contribution in [3.8, 4) is 0 Å². The van der Waals surface area contributed by atoms with Gasteiger partial charge in [-0.1, -0.05) is 23.1 Å². The lowest BCUT2D eigenvalue weighted by atomic mass is 10.2. The number of hydrogen-bond acceptors (Lipinski definition) is 7. The smallest absolute Gasteiger partial charge is 0.332 e. The molecule has 1 saturated heterocycles. The molecular formula is C10H15N3O3S2. The largest absolute Gasteiger partial charge is 0.479 e. The summed E-state index contributed by atoms with van der Waals surface area (Å²) in [7, 11) is 3.85. The fraction of sp³-hybridized carbons (Fsp3) is 0.700. The summed E-state index contributed by atoms with van der Waals surface area (Å²) in [5.74, 6) is -0.139. The molecule has 1 N–H and O–H groups in total. The molecule has 2 unspecified atom stereocenters. The van der Waals surface area contributed by atoms with Gasteiger partial charge in [0, 0.05) is 19.8 Å². The molecule has 18 heavy (non-hydrogen) atoms. The molecule has 1 aromatic heterocycles. The normalized spacial score (nSPS) is 23.2. The van der Waals surface area contributed by atoms with Crippen LogP contribution in [0.2, 0.25) is 0 Å². The van der Waals surface area contributed by atoms with Crippen LogP contribution in [0.3, 0.4) is 0 Å². The molecule has 0 bridgehead atoms. The summed E-state index contributed by atoms with van der Waals surface area (Å²) in [6.07, 6.45) is 0.758. The van der Waals surface area contributed by atoms with Crippen LogP contribution in [-0.2, 0) is 9.53 Å². The predicted molar refractivity (Wildman–Crippen MR) is 70.5 cm³/mol. The number of ether oxygens (including phenoxy) is 1. The third-order valence-electron chi connectivity index (χ3n) is 2.55. The molecule has 0 radical (unpaired) electrons. The van der Waals surface area contributed by atoms with Crippen LogP contribution < -0.4 is 4.90 Å². The Bertz CT molecular complexity index is 424. The highest BCUT2D eigenvalue weighted by atomic mass is 32.2. The Kier molecular flexibility index (Phi) is 4.41. The number of rotatable bonds is 5. The molecule has 2 atom stereocenters. The summed E-state index contributed by atoms with van der Waals surface area (Å²) in [4.78, 5) is 12.7. The van der Waals surface area contributed by atoms with Crippen LogP contribution >= 0.6 is 23.1 Å². The third kappa shape index (κ3) is 3.33. The minimum absolute atomic E-state index is 0.00260. The van der Waals surface area contributed by atoms with Gasteiger partial charge in [0.15, 0.2) is 10.4 Å². The monoisotopic (exact) mass is 289 g/mol. The number of aromatic nitrogens is 2. The molecule has 1 aliphatic rings. The average Bonchev–Trinajstić information content (AvgIpc) is 2.95. The molecule has 8 heteroatoms. The van der Waals surface area contributed by atoms with E-state index in [4.69, 9.17) is 9.84 Å². The zero-order chi connectivity index (χ0) is 13.1. The molecule has 0 amide bonds. The Hall–Kier alpha value is -0.860. The molecule has 0 saturated carbocycles. The minimum atomic E-state index is -0.867. The van der Waals surface area contributed by atoms with E-state index in [1.165, 1.54) is 11.3 Å². The highest BCUT2D eigenvalue weighted by Gasteiger charge is 2.30. The SMILES string of the molecule is CN(C)c1nnc(SCC2CCC(C(=O)O)O2)s1. The maximum absolute atomic E-state index is 10.7. The topological polar surface area (TPSA) is 75.6 Å². The first-order valence-corrected chi connectivity index (χ1v) is 7.38. The van der Waals surface area contributed by atoms with E-state index in [9.17, 15) is 4.79 Å². The number of nitrogens with zero attached hydrogens (tertiary/aromatic N) is 3. The van der Waals surface area contributed by atoms with E-state index >= 15 is 0 Å². The zero-order valence-corrected chi connectivity index (χ0v) is 11.8. The highest BCUT2D eigenvalue weighted by molar-refractivity contribution is 8.01. The zero-order valence-electron chi connectivity index (χ0n) is 10.2. The van der Waals surface area contributed by atoms with Crippen LogP contribution in [0.1, 0.15) is 12.8 Å². The lowest BCUT2D eigenvalue weighted by molar-refractivity contribution is -0.148. The van der Waals surface area contributed by atoms with Crippen LogP contribution in [0.15, 0.2) is 4.34 Å². The molecule has 0 aromatic carbocycles. The summed E-state index contributed by atoms with van der Waals surface area (Å²) < 4.78 is 6.31. The molecule has 100 valence electrons. The van der Waals surface area contributed by atoms with E-state index in [1.54, 1.807) is 11.8 Å². The molecule has 2 heterocycles. The Morgan fingerprint density at radius 1 is 1.56 bits per heavy atom. The summed E-state index contributed by atoms with van der Waals surface area (Å²) in [6, 6.07) is 0. The fourth-order valence-electron chi connectivity index (χ4n) is 1.62. The maximum atomic E-state index is 10.7. The number of carbonyl (C=O) groups is 1. The van der Waals surface area contributed by atoms with Crippen molar-refractivity contribution in [3.05, 3.63) is 0 Å². The molecular weight excluding hydrogens is 274 g/mol. The van der Waals surface area contributed by atoms with Crippen molar-refractivity contribution in [2.45, 2.75) is 29.4 Å². The van der Waals surface area contributed by atoms with Gasteiger partial charge in [-0.2, -0.15) is 0 Å². The fourth-order valence-corrected chi connectivity index (χ4v) is 3.45. The summed E-state index contributed by atoms with van der Waals surface area (Å²) >= 11 is 3.10. The van der Waals surface area contributed by atoms with Crippen LogP contribution in [0.5, 0.6) is 0 Å². The first kappa shape index (κ1) is 13.6. The van der Waals surface area contributed by atoms with Gasteiger partial charge in [-0.25, -0.2) is 4.79 Å². The van der Waals surface area contributed by atoms with Gasteiger partial charge in [0.25, 0.3) is 0 Å². The lowest BCUT2D eigenvalue weighted by Gasteiger charge is -2.09. The summed E-state index contributed by atoms with van der Waals surface area (Å²) in [5.41, 5.74) is 0. The van der Waals surface area contributed by atoms with Gasteiger partial charge in [-0.3, -0.25) is 0 Å². The van der Waals surface area contributed by atoms with Gasteiger partial charge < -0.3 is 14.7 Å². The van der Waals surface area contributed by atoms with Crippen LogP contribution in [-0.4, -0.2) is 53.3 Å². The predicted octanol–water partition coefficient (Wildman–Crippen LogP) is 1.33. The Morgan fingerprint density at radius 3 is 2.89 bits per heavy atom. The van der Waals surface area contributed by atoms with Crippen molar-refractivity contribution >= 4 is 34.2 Å². The van der Waals surface area contributed by atoms with E-state index in [1.807, 2.05) is 19.0 Å². The van der Waals surface area contributed by atoms with Gasteiger partial charge in [0.1, 0.15) is 0 Å². The standard InChI is InChI=1S/C10H15N3O3S2/c1-13(2)9-11-12-10(18-9)17-5-6-3-4-7(16-6)8(14)15/h6-7H,3-5H2,1-2H3,(H,14,15). The molecule has 2 rings (SSSR count). The number of carboxylic acid groups (broad SMARTS) is 1. The average molecular weight is 289 g/mol. The molecule has 1 aromatic rings.